The first-order valence-electron chi connectivity index (χ1n) is 7.83. The number of nitrogens with zero attached hydrogens (tertiary/aromatic N) is 2. The van der Waals surface area contributed by atoms with Crippen LogP contribution in [0.4, 0.5) is 5.69 Å². The van der Waals surface area contributed by atoms with Crippen LogP contribution in [0.5, 0.6) is 11.5 Å². The van der Waals surface area contributed by atoms with E-state index in [4.69, 9.17) is 15.2 Å². The zero-order valence-electron chi connectivity index (χ0n) is 14.1. The fourth-order valence-corrected chi connectivity index (χ4v) is 2.59. The first-order valence-corrected chi connectivity index (χ1v) is 7.83. The van der Waals surface area contributed by atoms with Crippen molar-refractivity contribution in [3.05, 3.63) is 18.2 Å². The number of benzene rings is 1. The van der Waals surface area contributed by atoms with Gasteiger partial charge >= 0.3 is 11.8 Å². The Kier molecular flexibility index (Phi) is 6.39. The van der Waals surface area contributed by atoms with Gasteiger partial charge in [-0.2, -0.15) is 0 Å². The molecule has 1 aliphatic heterocycles. The number of carbonyl (C=O) groups excluding carboxylic acids is 2. The van der Waals surface area contributed by atoms with Gasteiger partial charge in [-0.1, -0.05) is 0 Å². The van der Waals surface area contributed by atoms with Gasteiger partial charge in [0.25, 0.3) is 0 Å². The number of anilines is 1. The summed E-state index contributed by atoms with van der Waals surface area (Å²) in [6.45, 7) is 3.86. The van der Waals surface area contributed by atoms with Gasteiger partial charge in [0, 0.05) is 45.3 Å². The standard InChI is InChI=1S/C16H24N4O4/c1-23-12-3-4-14(24-2)13(11-12)18-15(21)16(22)20-9-7-19(6-5-17)8-10-20/h3-4,11H,5-10,17H2,1-2H3,(H,18,21). The summed E-state index contributed by atoms with van der Waals surface area (Å²) in [5.41, 5.74) is 5.93. The van der Waals surface area contributed by atoms with E-state index in [1.807, 2.05) is 0 Å². The number of hydrogen-bond acceptors (Lipinski definition) is 6. The zero-order valence-corrected chi connectivity index (χ0v) is 14.1. The van der Waals surface area contributed by atoms with E-state index in [1.165, 1.54) is 14.2 Å². The second kappa shape index (κ2) is 8.51. The van der Waals surface area contributed by atoms with Gasteiger partial charge in [-0.3, -0.25) is 14.5 Å². The Morgan fingerprint density at radius 2 is 1.88 bits per heavy atom. The molecule has 2 rings (SSSR count). The third-order valence-electron chi connectivity index (χ3n) is 3.95. The predicted octanol–water partition coefficient (Wildman–Crippen LogP) is -0.255. The Morgan fingerprint density at radius 1 is 1.17 bits per heavy atom. The molecule has 1 aromatic rings. The summed E-state index contributed by atoms with van der Waals surface area (Å²) in [5.74, 6) is -0.209. The van der Waals surface area contributed by atoms with E-state index in [1.54, 1.807) is 23.1 Å². The number of carbonyl (C=O) groups is 2. The van der Waals surface area contributed by atoms with Crippen molar-refractivity contribution in [3.8, 4) is 11.5 Å². The van der Waals surface area contributed by atoms with Crippen molar-refractivity contribution < 1.29 is 19.1 Å². The summed E-state index contributed by atoms with van der Waals surface area (Å²) in [6, 6.07) is 5.00. The molecule has 8 heteroatoms. The lowest BCUT2D eigenvalue weighted by atomic mass is 10.2. The highest BCUT2D eigenvalue weighted by atomic mass is 16.5. The van der Waals surface area contributed by atoms with Gasteiger partial charge < -0.3 is 25.4 Å². The number of piperazine rings is 1. The van der Waals surface area contributed by atoms with Gasteiger partial charge in [0.05, 0.1) is 19.9 Å². The molecule has 0 atom stereocenters. The molecule has 0 unspecified atom stereocenters. The van der Waals surface area contributed by atoms with Crippen molar-refractivity contribution in [2.45, 2.75) is 0 Å². The molecular formula is C16H24N4O4. The van der Waals surface area contributed by atoms with Crippen molar-refractivity contribution in [3.63, 3.8) is 0 Å². The van der Waals surface area contributed by atoms with Gasteiger partial charge in [-0.25, -0.2) is 0 Å². The van der Waals surface area contributed by atoms with Crippen molar-refractivity contribution in [1.29, 1.82) is 0 Å². The Labute approximate surface area is 141 Å². The SMILES string of the molecule is COc1ccc(OC)c(NC(=O)C(=O)N2CCN(CCN)CC2)c1. The molecule has 1 fully saturated rings. The van der Waals surface area contributed by atoms with Crippen LogP contribution < -0.4 is 20.5 Å². The third kappa shape index (κ3) is 4.36. The normalized spacial score (nSPS) is 15.0. The average Bonchev–Trinajstić information content (AvgIpc) is 2.62. The lowest BCUT2D eigenvalue weighted by Crippen LogP contribution is -2.52. The molecule has 0 radical (unpaired) electrons. The van der Waals surface area contributed by atoms with Crippen LogP contribution in [0.25, 0.3) is 0 Å². The molecule has 3 N–H and O–H groups in total. The number of hydrogen-bond donors (Lipinski definition) is 2. The predicted molar refractivity (Wildman–Crippen MR) is 90.3 cm³/mol. The van der Waals surface area contributed by atoms with Gasteiger partial charge in [0.1, 0.15) is 11.5 Å². The first kappa shape index (κ1) is 18.0. The van der Waals surface area contributed by atoms with E-state index in [-0.39, 0.29) is 0 Å². The maximum Gasteiger partial charge on any atom is 0.314 e. The molecule has 0 saturated carbocycles. The summed E-state index contributed by atoms with van der Waals surface area (Å²) in [4.78, 5) is 28.3. The van der Waals surface area contributed by atoms with Crippen LogP contribution in [-0.4, -0.2) is 75.1 Å². The zero-order chi connectivity index (χ0) is 17.5. The van der Waals surface area contributed by atoms with Crippen LogP contribution in [0, 0.1) is 0 Å². The van der Waals surface area contributed by atoms with Crippen LogP contribution in [0.2, 0.25) is 0 Å². The fraction of sp³-hybridized carbons (Fsp3) is 0.500. The van der Waals surface area contributed by atoms with Crippen molar-refractivity contribution in [1.82, 2.24) is 9.80 Å². The molecule has 0 spiro atoms. The van der Waals surface area contributed by atoms with E-state index >= 15 is 0 Å². The third-order valence-corrected chi connectivity index (χ3v) is 3.95. The molecule has 2 amide bonds. The number of methoxy groups -OCH3 is 2. The lowest BCUT2D eigenvalue weighted by Gasteiger charge is -2.34. The molecular weight excluding hydrogens is 312 g/mol. The molecule has 1 aliphatic rings. The first-order chi connectivity index (χ1) is 11.6. The van der Waals surface area contributed by atoms with Gasteiger partial charge in [-0.15, -0.1) is 0 Å². The smallest absolute Gasteiger partial charge is 0.314 e. The van der Waals surface area contributed by atoms with Crippen LogP contribution in [-0.2, 0) is 9.59 Å². The topological polar surface area (TPSA) is 97.1 Å². The van der Waals surface area contributed by atoms with Crippen molar-refractivity contribution >= 4 is 17.5 Å². The average molecular weight is 336 g/mol. The van der Waals surface area contributed by atoms with E-state index in [0.717, 1.165) is 19.6 Å². The molecule has 24 heavy (non-hydrogen) atoms. The van der Waals surface area contributed by atoms with Crippen molar-refractivity contribution in [2.75, 3.05) is 58.8 Å². The summed E-state index contributed by atoms with van der Waals surface area (Å²) < 4.78 is 10.3. The van der Waals surface area contributed by atoms with E-state index in [9.17, 15) is 9.59 Å². The van der Waals surface area contributed by atoms with E-state index in [2.05, 4.69) is 10.2 Å². The van der Waals surface area contributed by atoms with E-state index < -0.39 is 11.8 Å². The minimum Gasteiger partial charge on any atom is -0.497 e. The van der Waals surface area contributed by atoms with Gasteiger partial charge in [0.15, 0.2) is 0 Å². The molecule has 8 nitrogen and oxygen atoms in total. The molecule has 1 aromatic carbocycles. The minimum atomic E-state index is -0.686. The van der Waals surface area contributed by atoms with Gasteiger partial charge in [0.2, 0.25) is 0 Å². The maximum atomic E-state index is 12.3. The monoisotopic (exact) mass is 336 g/mol. The number of rotatable bonds is 5. The van der Waals surface area contributed by atoms with Crippen LogP contribution in [0.15, 0.2) is 18.2 Å². The van der Waals surface area contributed by atoms with Crippen LogP contribution in [0.3, 0.4) is 0 Å². The number of amides is 2. The highest BCUT2D eigenvalue weighted by Gasteiger charge is 2.26. The summed E-state index contributed by atoms with van der Waals surface area (Å²) >= 11 is 0. The largest absolute Gasteiger partial charge is 0.497 e. The van der Waals surface area contributed by atoms with Crippen molar-refractivity contribution in [2.24, 2.45) is 5.73 Å². The Hall–Kier alpha value is -2.32. The van der Waals surface area contributed by atoms with Crippen LogP contribution in [0.1, 0.15) is 0 Å². The summed E-state index contributed by atoms with van der Waals surface area (Å²) in [6.07, 6.45) is 0. The highest BCUT2D eigenvalue weighted by molar-refractivity contribution is 6.39. The number of nitrogens with two attached hydrogens (primary N) is 1. The van der Waals surface area contributed by atoms with Crippen LogP contribution >= 0.6 is 0 Å². The second-order valence-electron chi connectivity index (χ2n) is 5.44. The second-order valence-corrected chi connectivity index (χ2v) is 5.44. The fourth-order valence-electron chi connectivity index (χ4n) is 2.59. The molecule has 1 heterocycles. The molecule has 0 aromatic heterocycles. The summed E-state index contributed by atoms with van der Waals surface area (Å²) in [5, 5.41) is 2.60. The lowest BCUT2D eigenvalue weighted by molar-refractivity contribution is -0.144. The Bertz CT molecular complexity index is 585. The maximum absolute atomic E-state index is 12.3. The quantitative estimate of drug-likeness (QED) is 0.720. The Balaban J connectivity index is 1.98. The molecule has 1 saturated heterocycles. The van der Waals surface area contributed by atoms with Gasteiger partial charge in [-0.05, 0) is 12.1 Å². The number of nitrogens with one attached hydrogen (secondary N) is 1. The Morgan fingerprint density at radius 3 is 2.46 bits per heavy atom. The highest BCUT2D eigenvalue weighted by Crippen LogP contribution is 2.28. The van der Waals surface area contributed by atoms with E-state index in [0.29, 0.717) is 36.8 Å². The molecule has 0 aliphatic carbocycles. The molecule has 0 bridgehead atoms. The minimum absolute atomic E-state index is 0.400. The summed E-state index contributed by atoms with van der Waals surface area (Å²) in [7, 11) is 3.02. The number of ether oxygens (including phenoxy) is 2. The molecule has 132 valence electrons.